The second-order valence-corrected chi connectivity index (χ2v) is 4.00. The molecule has 0 aliphatic rings. The fraction of sp³-hybridized carbons (Fsp3) is 0.462. The van der Waals surface area contributed by atoms with Gasteiger partial charge in [0.05, 0.1) is 13.2 Å². The predicted octanol–water partition coefficient (Wildman–Crippen LogP) is 2.80. The molecule has 0 saturated heterocycles. The van der Waals surface area contributed by atoms with Gasteiger partial charge >= 0.3 is 5.97 Å². The molecule has 0 saturated carbocycles. The molecule has 1 aromatic rings. The lowest BCUT2D eigenvalue weighted by atomic mass is 10.1. The molecule has 0 spiro atoms. The number of hydrogen-bond acceptors (Lipinski definition) is 3. The largest absolute Gasteiger partial charge is 0.494 e. The molecular weight excluding hydrogens is 240 g/mol. The molecule has 17 heavy (non-hydrogen) atoms. The molecule has 0 fully saturated rings. The molecule has 0 unspecified atom stereocenters. The first-order valence-electron chi connectivity index (χ1n) is 5.63. The number of alkyl halides is 1. The predicted molar refractivity (Wildman–Crippen MR) is 67.6 cm³/mol. The Bertz CT molecular complexity index is 335. The topological polar surface area (TPSA) is 35.5 Å². The Balaban J connectivity index is 2.31. The first-order chi connectivity index (χ1) is 8.22. The van der Waals surface area contributed by atoms with Gasteiger partial charge in [0, 0.05) is 19.2 Å². The summed E-state index contributed by atoms with van der Waals surface area (Å²) >= 11 is 5.55. The van der Waals surface area contributed by atoms with Gasteiger partial charge in [0.1, 0.15) is 5.75 Å². The smallest absolute Gasteiger partial charge is 0.302 e. The number of rotatable bonds is 7. The van der Waals surface area contributed by atoms with E-state index in [9.17, 15) is 4.79 Å². The second-order valence-electron chi connectivity index (χ2n) is 3.62. The van der Waals surface area contributed by atoms with Gasteiger partial charge in [0.15, 0.2) is 0 Å². The van der Waals surface area contributed by atoms with Gasteiger partial charge in [-0.3, -0.25) is 4.79 Å². The summed E-state index contributed by atoms with van der Waals surface area (Å²) in [7, 11) is 0. The van der Waals surface area contributed by atoms with Crippen LogP contribution in [0.2, 0.25) is 0 Å². The van der Waals surface area contributed by atoms with E-state index in [2.05, 4.69) is 0 Å². The maximum Gasteiger partial charge on any atom is 0.302 e. The van der Waals surface area contributed by atoms with Crippen molar-refractivity contribution in [2.24, 2.45) is 0 Å². The highest BCUT2D eigenvalue weighted by Crippen LogP contribution is 2.13. The van der Waals surface area contributed by atoms with E-state index >= 15 is 0 Å². The second kappa shape index (κ2) is 7.96. The van der Waals surface area contributed by atoms with E-state index in [-0.39, 0.29) is 5.97 Å². The maximum absolute atomic E-state index is 10.6. The van der Waals surface area contributed by atoms with Crippen LogP contribution in [0.1, 0.15) is 18.9 Å². The molecule has 3 nitrogen and oxygen atoms in total. The quantitative estimate of drug-likeness (QED) is 0.428. The molecule has 0 aromatic heterocycles. The first kappa shape index (κ1) is 13.8. The third kappa shape index (κ3) is 6.17. The maximum atomic E-state index is 10.6. The van der Waals surface area contributed by atoms with Gasteiger partial charge in [-0.15, -0.1) is 11.6 Å². The van der Waals surface area contributed by atoms with Crippen molar-refractivity contribution in [3.05, 3.63) is 29.8 Å². The molecule has 4 heteroatoms. The van der Waals surface area contributed by atoms with Gasteiger partial charge in [-0.05, 0) is 24.1 Å². The minimum atomic E-state index is -0.244. The summed E-state index contributed by atoms with van der Waals surface area (Å²) in [5, 5.41) is 0. The van der Waals surface area contributed by atoms with E-state index in [4.69, 9.17) is 21.1 Å². The summed E-state index contributed by atoms with van der Waals surface area (Å²) in [4.78, 5) is 10.6. The van der Waals surface area contributed by atoms with Crippen LogP contribution in [0, 0.1) is 0 Å². The Kier molecular flexibility index (Phi) is 6.48. The number of carbonyl (C=O) groups is 1. The van der Waals surface area contributed by atoms with Crippen molar-refractivity contribution in [3.63, 3.8) is 0 Å². The van der Waals surface area contributed by atoms with Crippen molar-refractivity contribution >= 4 is 17.6 Å². The van der Waals surface area contributed by atoms with Crippen LogP contribution in [0.4, 0.5) is 0 Å². The molecule has 0 heterocycles. The zero-order valence-electron chi connectivity index (χ0n) is 9.95. The van der Waals surface area contributed by atoms with E-state index in [0.717, 1.165) is 24.2 Å². The van der Waals surface area contributed by atoms with E-state index < -0.39 is 0 Å². The highest BCUT2D eigenvalue weighted by molar-refractivity contribution is 6.17. The van der Waals surface area contributed by atoms with E-state index in [0.29, 0.717) is 19.1 Å². The molecule has 0 N–H and O–H groups in total. The monoisotopic (exact) mass is 256 g/mol. The molecule has 1 rings (SSSR count). The van der Waals surface area contributed by atoms with E-state index in [1.807, 2.05) is 24.3 Å². The van der Waals surface area contributed by atoms with Crippen molar-refractivity contribution in [2.75, 3.05) is 19.1 Å². The minimum absolute atomic E-state index is 0.244. The number of benzene rings is 1. The first-order valence-corrected chi connectivity index (χ1v) is 6.17. The molecule has 0 bridgehead atoms. The summed E-state index contributed by atoms with van der Waals surface area (Å²) < 4.78 is 10.3. The van der Waals surface area contributed by atoms with Crippen LogP contribution in [-0.2, 0) is 16.0 Å². The van der Waals surface area contributed by atoms with Crippen molar-refractivity contribution in [2.45, 2.75) is 19.8 Å². The van der Waals surface area contributed by atoms with Gasteiger partial charge in [0.25, 0.3) is 0 Å². The van der Waals surface area contributed by atoms with Crippen molar-refractivity contribution in [1.29, 1.82) is 0 Å². The van der Waals surface area contributed by atoms with Crippen LogP contribution in [0.3, 0.4) is 0 Å². The lowest BCUT2D eigenvalue weighted by Crippen LogP contribution is -2.03. The van der Waals surface area contributed by atoms with Crippen molar-refractivity contribution < 1.29 is 14.3 Å². The summed E-state index contributed by atoms with van der Waals surface area (Å²) in [6, 6.07) is 7.77. The summed E-state index contributed by atoms with van der Waals surface area (Å²) in [6.07, 6.45) is 1.57. The van der Waals surface area contributed by atoms with Crippen molar-refractivity contribution in [1.82, 2.24) is 0 Å². The van der Waals surface area contributed by atoms with Crippen LogP contribution in [0.25, 0.3) is 0 Å². The molecular formula is C13H17ClO3. The number of halogens is 1. The van der Waals surface area contributed by atoms with Gasteiger partial charge in [0.2, 0.25) is 0 Å². The lowest BCUT2D eigenvalue weighted by molar-refractivity contribution is -0.140. The average molecular weight is 257 g/mol. The molecule has 0 amide bonds. The summed E-state index contributed by atoms with van der Waals surface area (Å²) in [5.74, 6) is 1.21. The fourth-order valence-corrected chi connectivity index (χ4v) is 1.42. The van der Waals surface area contributed by atoms with E-state index in [1.54, 1.807) is 0 Å². The third-order valence-corrected chi connectivity index (χ3v) is 2.43. The average Bonchev–Trinajstić information content (AvgIpc) is 2.31. The Labute approximate surface area is 107 Å². The van der Waals surface area contributed by atoms with Gasteiger partial charge < -0.3 is 9.47 Å². The van der Waals surface area contributed by atoms with Gasteiger partial charge in [-0.2, -0.15) is 0 Å². The molecule has 0 aliphatic carbocycles. The number of hydrogen-bond donors (Lipinski definition) is 0. The van der Waals surface area contributed by atoms with Crippen LogP contribution in [-0.4, -0.2) is 25.1 Å². The minimum Gasteiger partial charge on any atom is -0.494 e. The molecule has 94 valence electrons. The zero-order chi connectivity index (χ0) is 12.5. The lowest BCUT2D eigenvalue weighted by Gasteiger charge is -2.06. The summed E-state index contributed by atoms with van der Waals surface area (Å²) in [6.45, 7) is 2.46. The normalized spacial score (nSPS) is 10.0. The Hall–Kier alpha value is -1.22. The SMILES string of the molecule is CC(=O)OCCc1ccc(OCCCCl)cc1. The highest BCUT2D eigenvalue weighted by Gasteiger charge is 1.97. The Morgan fingerprint density at radius 2 is 1.94 bits per heavy atom. The molecule has 1 aromatic carbocycles. The Morgan fingerprint density at radius 1 is 1.24 bits per heavy atom. The van der Waals surface area contributed by atoms with Crippen molar-refractivity contribution in [3.8, 4) is 5.75 Å². The zero-order valence-corrected chi connectivity index (χ0v) is 10.7. The van der Waals surface area contributed by atoms with Gasteiger partial charge in [-0.1, -0.05) is 12.1 Å². The number of carbonyl (C=O) groups excluding carboxylic acids is 1. The fourth-order valence-electron chi connectivity index (χ4n) is 1.31. The molecule has 0 radical (unpaired) electrons. The van der Waals surface area contributed by atoms with Crippen LogP contribution in [0.15, 0.2) is 24.3 Å². The third-order valence-electron chi connectivity index (χ3n) is 2.17. The Morgan fingerprint density at radius 3 is 2.53 bits per heavy atom. The van der Waals surface area contributed by atoms with Gasteiger partial charge in [-0.25, -0.2) is 0 Å². The number of esters is 1. The van der Waals surface area contributed by atoms with Crippen LogP contribution >= 0.6 is 11.6 Å². The summed E-state index contributed by atoms with van der Waals surface area (Å²) in [5.41, 5.74) is 1.12. The molecule has 0 atom stereocenters. The van der Waals surface area contributed by atoms with E-state index in [1.165, 1.54) is 6.92 Å². The molecule has 0 aliphatic heterocycles. The van der Waals surface area contributed by atoms with Crippen LogP contribution < -0.4 is 4.74 Å². The van der Waals surface area contributed by atoms with Crippen LogP contribution in [0.5, 0.6) is 5.75 Å². The highest BCUT2D eigenvalue weighted by atomic mass is 35.5. The standard InChI is InChI=1S/C13H17ClO3/c1-11(15)16-10-7-12-3-5-13(6-4-12)17-9-2-8-14/h3-6H,2,7-10H2,1H3. The number of ether oxygens (including phenoxy) is 2.